The van der Waals surface area contributed by atoms with Gasteiger partial charge in [0.2, 0.25) is 5.95 Å². The first-order valence-corrected chi connectivity index (χ1v) is 6.01. The Balaban J connectivity index is 1.82. The maximum absolute atomic E-state index is 5.52. The first kappa shape index (κ1) is 12.1. The first-order chi connectivity index (χ1) is 8.38. The summed E-state index contributed by atoms with van der Waals surface area (Å²) in [7, 11) is 0. The highest BCUT2D eigenvalue weighted by atomic mass is 16.5. The predicted octanol–water partition coefficient (Wildman–Crippen LogP) is 0.438. The van der Waals surface area contributed by atoms with E-state index in [0.29, 0.717) is 25.1 Å². The molecular weight excluding hydrogens is 218 g/mol. The number of rotatable bonds is 6. The van der Waals surface area contributed by atoms with Crippen LogP contribution in [-0.4, -0.2) is 42.3 Å². The number of hydrogen-bond acceptors (Lipinski definition) is 6. The summed E-state index contributed by atoms with van der Waals surface area (Å²) in [5.74, 6) is 1.42. The predicted molar refractivity (Wildman–Crippen MR) is 67.0 cm³/mol. The summed E-state index contributed by atoms with van der Waals surface area (Å²) < 4.78 is 5.52. The van der Waals surface area contributed by atoms with Crippen molar-refractivity contribution in [1.82, 2.24) is 9.97 Å². The molecule has 0 amide bonds. The van der Waals surface area contributed by atoms with Crippen LogP contribution in [0.5, 0.6) is 0 Å². The molecule has 0 aromatic carbocycles. The van der Waals surface area contributed by atoms with Gasteiger partial charge in [-0.1, -0.05) is 0 Å². The van der Waals surface area contributed by atoms with Crippen LogP contribution in [0, 0.1) is 0 Å². The van der Waals surface area contributed by atoms with Gasteiger partial charge >= 0.3 is 0 Å². The number of nitrogens with one attached hydrogen (secondary N) is 2. The highest BCUT2D eigenvalue weighted by Crippen LogP contribution is 2.12. The smallest absolute Gasteiger partial charge is 0.224 e. The number of hydrogen-bond donors (Lipinski definition) is 3. The Morgan fingerprint density at radius 3 is 3.18 bits per heavy atom. The van der Waals surface area contributed by atoms with Gasteiger partial charge in [0.1, 0.15) is 5.82 Å². The summed E-state index contributed by atoms with van der Waals surface area (Å²) >= 11 is 0. The normalized spacial score (nSPS) is 19.2. The van der Waals surface area contributed by atoms with Crippen molar-refractivity contribution in [1.29, 1.82) is 0 Å². The molecule has 2 heterocycles. The first-order valence-electron chi connectivity index (χ1n) is 6.01. The lowest BCUT2D eigenvalue weighted by atomic mass is 10.2. The second kappa shape index (κ2) is 6.36. The molecule has 94 valence electrons. The van der Waals surface area contributed by atoms with E-state index in [4.69, 9.17) is 10.5 Å². The monoisotopic (exact) mass is 237 g/mol. The van der Waals surface area contributed by atoms with E-state index in [9.17, 15) is 0 Å². The fourth-order valence-corrected chi connectivity index (χ4v) is 1.75. The average Bonchev–Trinajstić information content (AvgIpc) is 2.87. The number of ether oxygens (including phenoxy) is 1. The number of anilines is 2. The van der Waals surface area contributed by atoms with Crippen molar-refractivity contribution in [2.45, 2.75) is 18.9 Å². The molecule has 2 rings (SSSR count). The molecule has 1 atom stereocenters. The zero-order valence-electron chi connectivity index (χ0n) is 9.85. The van der Waals surface area contributed by atoms with Gasteiger partial charge in [-0.05, 0) is 18.9 Å². The molecule has 1 saturated heterocycles. The lowest BCUT2D eigenvalue weighted by molar-refractivity contribution is 0.120. The lowest BCUT2D eigenvalue weighted by Gasteiger charge is -2.11. The Morgan fingerprint density at radius 2 is 2.41 bits per heavy atom. The maximum atomic E-state index is 5.52. The molecule has 17 heavy (non-hydrogen) atoms. The molecule has 1 fully saturated rings. The average molecular weight is 237 g/mol. The number of nitrogens with two attached hydrogens (primary N) is 1. The Morgan fingerprint density at radius 1 is 1.47 bits per heavy atom. The quantitative estimate of drug-likeness (QED) is 0.665. The minimum atomic E-state index is 0.291. The van der Waals surface area contributed by atoms with E-state index < -0.39 is 0 Å². The Bertz CT molecular complexity index is 340. The van der Waals surface area contributed by atoms with Gasteiger partial charge in [0.05, 0.1) is 6.10 Å². The molecule has 4 N–H and O–H groups in total. The van der Waals surface area contributed by atoms with Crippen molar-refractivity contribution in [3.05, 3.63) is 12.3 Å². The van der Waals surface area contributed by atoms with E-state index in [1.165, 1.54) is 0 Å². The second-order valence-corrected chi connectivity index (χ2v) is 4.00. The Hall–Kier alpha value is -1.40. The van der Waals surface area contributed by atoms with Crippen molar-refractivity contribution in [2.75, 3.05) is 36.9 Å². The molecule has 0 bridgehead atoms. The molecule has 0 saturated carbocycles. The standard InChI is InChI=1S/C11H19N5O/c12-4-6-13-10-3-5-14-11(16-10)15-8-9-2-1-7-17-9/h3,5,9H,1-2,4,6-8,12H2,(H2,13,14,15,16). The van der Waals surface area contributed by atoms with Gasteiger partial charge in [-0.25, -0.2) is 4.98 Å². The van der Waals surface area contributed by atoms with Crippen LogP contribution in [0.3, 0.4) is 0 Å². The fraction of sp³-hybridized carbons (Fsp3) is 0.636. The van der Waals surface area contributed by atoms with Crippen molar-refractivity contribution in [3.8, 4) is 0 Å². The summed E-state index contributed by atoms with van der Waals surface area (Å²) in [5.41, 5.74) is 5.42. The van der Waals surface area contributed by atoms with E-state index in [1.54, 1.807) is 6.20 Å². The summed E-state index contributed by atoms with van der Waals surface area (Å²) in [6.45, 7) is 2.93. The molecule has 0 aliphatic carbocycles. The van der Waals surface area contributed by atoms with Crippen LogP contribution >= 0.6 is 0 Å². The van der Waals surface area contributed by atoms with Crippen LogP contribution in [0.1, 0.15) is 12.8 Å². The van der Waals surface area contributed by atoms with Crippen molar-refractivity contribution in [2.24, 2.45) is 5.73 Å². The third-order valence-electron chi connectivity index (χ3n) is 2.62. The highest BCUT2D eigenvalue weighted by Gasteiger charge is 2.15. The van der Waals surface area contributed by atoms with Crippen LogP contribution in [-0.2, 0) is 4.74 Å². The van der Waals surface area contributed by atoms with E-state index in [0.717, 1.165) is 31.8 Å². The van der Waals surface area contributed by atoms with Crippen LogP contribution in [0.4, 0.5) is 11.8 Å². The topological polar surface area (TPSA) is 85.1 Å². The number of nitrogens with zero attached hydrogens (tertiary/aromatic N) is 2. The summed E-state index contributed by atoms with van der Waals surface area (Å²) in [6, 6.07) is 1.83. The minimum Gasteiger partial charge on any atom is -0.376 e. The third kappa shape index (κ3) is 3.83. The molecule has 6 heteroatoms. The number of aromatic nitrogens is 2. The van der Waals surface area contributed by atoms with Gasteiger partial charge in [-0.3, -0.25) is 0 Å². The van der Waals surface area contributed by atoms with Gasteiger partial charge in [-0.2, -0.15) is 4.98 Å². The van der Waals surface area contributed by atoms with Gasteiger partial charge < -0.3 is 21.1 Å². The summed E-state index contributed by atoms with van der Waals surface area (Å²) in [4.78, 5) is 8.49. The highest BCUT2D eigenvalue weighted by molar-refractivity contribution is 5.39. The summed E-state index contributed by atoms with van der Waals surface area (Å²) in [6.07, 6.45) is 4.27. The van der Waals surface area contributed by atoms with E-state index >= 15 is 0 Å². The molecule has 0 spiro atoms. The second-order valence-electron chi connectivity index (χ2n) is 4.00. The lowest BCUT2D eigenvalue weighted by Crippen LogP contribution is -2.20. The van der Waals surface area contributed by atoms with Crippen LogP contribution in [0.15, 0.2) is 12.3 Å². The van der Waals surface area contributed by atoms with Crippen molar-refractivity contribution in [3.63, 3.8) is 0 Å². The van der Waals surface area contributed by atoms with Crippen LogP contribution in [0.25, 0.3) is 0 Å². The largest absolute Gasteiger partial charge is 0.376 e. The van der Waals surface area contributed by atoms with Gasteiger partial charge in [0, 0.05) is 32.4 Å². The van der Waals surface area contributed by atoms with Crippen molar-refractivity contribution >= 4 is 11.8 Å². The van der Waals surface area contributed by atoms with Crippen LogP contribution < -0.4 is 16.4 Å². The van der Waals surface area contributed by atoms with Crippen molar-refractivity contribution < 1.29 is 4.74 Å². The molecular formula is C11H19N5O. The Labute approximate surface area is 101 Å². The Kier molecular flexibility index (Phi) is 4.52. The molecule has 1 aromatic rings. The SMILES string of the molecule is NCCNc1ccnc(NCC2CCCO2)n1. The molecule has 0 radical (unpaired) electrons. The molecule has 1 aliphatic rings. The van der Waals surface area contributed by atoms with Gasteiger partial charge in [-0.15, -0.1) is 0 Å². The molecule has 1 unspecified atom stereocenters. The zero-order valence-corrected chi connectivity index (χ0v) is 9.85. The van der Waals surface area contributed by atoms with E-state index in [1.807, 2.05) is 6.07 Å². The van der Waals surface area contributed by atoms with Gasteiger partial charge in [0.15, 0.2) is 0 Å². The molecule has 1 aliphatic heterocycles. The fourth-order valence-electron chi connectivity index (χ4n) is 1.75. The maximum Gasteiger partial charge on any atom is 0.224 e. The van der Waals surface area contributed by atoms with E-state index in [2.05, 4.69) is 20.6 Å². The third-order valence-corrected chi connectivity index (χ3v) is 2.62. The van der Waals surface area contributed by atoms with E-state index in [-0.39, 0.29) is 0 Å². The van der Waals surface area contributed by atoms with Gasteiger partial charge in [0.25, 0.3) is 0 Å². The molecule has 6 nitrogen and oxygen atoms in total. The molecule has 1 aromatic heterocycles. The summed E-state index contributed by atoms with van der Waals surface area (Å²) in [5, 5.41) is 6.30. The van der Waals surface area contributed by atoms with Crippen LogP contribution in [0.2, 0.25) is 0 Å². The zero-order chi connectivity index (χ0) is 11.9. The minimum absolute atomic E-state index is 0.291.